The molecule has 3 atom stereocenters. The summed E-state index contributed by atoms with van der Waals surface area (Å²) < 4.78 is 12.8. The van der Waals surface area contributed by atoms with Crippen LogP contribution in [0.2, 0.25) is 0 Å². The number of nitrogens with two attached hydrogens (primary N) is 1. The van der Waals surface area contributed by atoms with Gasteiger partial charge in [-0.2, -0.15) is 4.98 Å². The third-order valence-corrected chi connectivity index (χ3v) is 4.00. The highest BCUT2D eigenvalue weighted by molar-refractivity contribution is 5.85. The molecular weight excluding hydrogens is 346 g/mol. The Hall–Kier alpha value is -2.76. The molecule has 0 bridgehead atoms. The molecule has 0 saturated carbocycles. The van der Waals surface area contributed by atoms with Crippen LogP contribution < -0.4 is 11.3 Å². The number of imidazole rings is 1. The largest absolute Gasteiger partial charge is 0.463 e. The molecule has 0 aromatic carbocycles. The van der Waals surface area contributed by atoms with Crippen LogP contribution in [0.15, 0.2) is 17.2 Å². The number of aliphatic hydroxyl groups excluding tert-OH is 2. The zero-order valence-corrected chi connectivity index (χ0v) is 14.0. The average molecular weight is 365 g/mol. The van der Waals surface area contributed by atoms with Crippen LogP contribution in [0, 0.1) is 0 Å². The van der Waals surface area contributed by atoms with Gasteiger partial charge in [0, 0.05) is 18.7 Å². The molecular formula is C15H19N5O6. The monoisotopic (exact) mass is 365 g/mol. The average Bonchev–Trinajstić information content (AvgIpc) is 3.18. The van der Waals surface area contributed by atoms with Gasteiger partial charge in [-0.1, -0.05) is 0 Å². The number of esters is 1. The number of ether oxygens (including phenoxy) is 2. The molecule has 0 unspecified atom stereocenters. The van der Waals surface area contributed by atoms with E-state index in [0.717, 1.165) is 10.6 Å². The smallest absolute Gasteiger partial charge is 0.332 e. The van der Waals surface area contributed by atoms with Crippen molar-refractivity contribution in [3.05, 3.63) is 22.8 Å². The maximum absolute atomic E-state index is 12.6. The molecule has 0 spiro atoms. The fourth-order valence-corrected chi connectivity index (χ4v) is 2.73. The summed E-state index contributed by atoms with van der Waals surface area (Å²) in [4.78, 5) is 32.2. The lowest BCUT2D eigenvalue weighted by Gasteiger charge is -2.14. The second-order valence-corrected chi connectivity index (χ2v) is 5.65. The molecule has 1 saturated heterocycles. The van der Waals surface area contributed by atoms with Gasteiger partial charge in [-0.3, -0.25) is 13.9 Å². The molecule has 1 aliphatic rings. The van der Waals surface area contributed by atoms with Crippen molar-refractivity contribution >= 4 is 29.3 Å². The maximum Gasteiger partial charge on any atom is 0.332 e. The number of hydrogen-bond acceptors (Lipinski definition) is 9. The highest BCUT2D eigenvalue weighted by Crippen LogP contribution is 2.30. The van der Waals surface area contributed by atoms with E-state index in [0.29, 0.717) is 0 Å². The SMILES string of the molecule is CCOC(=O)/C=C/n1c(N)nc2c(ncn2[C@H]2C[C@H](O)[C@@H](CO)O2)c1=O. The molecule has 3 heterocycles. The summed E-state index contributed by atoms with van der Waals surface area (Å²) in [5.41, 5.74) is 5.48. The number of rotatable bonds is 5. The summed E-state index contributed by atoms with van der Waals surface area (Å²) in [6.45, 7) is 1.54. The lowest BCUT2D eigenvalue weighted by atomic mass is 10.2. The number of nitrogens with zero attached hydrogens (tertiary/aromatic N) is 4. The van der Waals surface area contributed by atoms with Gasteiger partial charge in [0.05, 0.1) is 25.6 Å². The van der Waals surface area contributed by atoms with E-state index in [2.05, 4.69) is 9.97 Å². The summed E-state index contributed by atoms with van der Waals surface area (Å²) in [6.07, 6.45) is 1.60. The van der Waals surface area contributed by atoms with Crippen molar-refractivity contribution in [1.29, 1.82) is 0 Å². The molecule has 11 nitrogen and oxygen atoms in total. The highest BCUT2D eigenvalue weighted by atomic mass is 16.5. The van der Waals surface area contributed by atoms with Crippen LogP contribution in [-0.4, -0.2) is 60.7 Å². The van der Waals surface area contributed by atoms with Crippen LogP contribution in [0.25, 0.3) is 17.4 Å². The van der Waals surface area contributed by atoms with E-state index in [1.165, 1.54) is 17.1 Å². The molecule has 1 aliphatic heterocycles. The quantitative estimate of drug-likeness (QED) is 0.440. The molecule has 26 heavy (non-hydrogen) atoms. The predicted molar refractivity (Wildman–Crippen MR) is 89.8 cm³/mol. The Bertz CT molecular complexity index is 904. The number of carbonyl (C=O) groups excluding carboxylic acids is 1. The number of nitrogen functional groups attached to an aromatic ring is 1. The lowest BCUT2D eigenvalue weighted by Crippen LogP contribution is -2.24. The van der Waals surface area contributed by atoms with E-state index in [4.69, 9.17) is 15.2 Å². The van der Waals surface area contributed by atoms with Crippen LogP contribution in [0.4, 0.5) is 5.95 Å². The number of carbonyl (C=O) groups is 1. The third-order valence-electron chi connectivity index (χ3n) is 4.00. The number of fused-ring (bicyclic) bond motifs is 1. The first kappa shape index (κ1) is 18.0. The van der Waals surface area contributed by atoms with E-state index < -0.39 is 30.0 Å². The summed E-state index contributed by atoms with van der Waals surface area (Å²) in [5, 5.41) is 19.1. The van der Waals surface area contributed by atoms with Crippen LogP contribution in [0.3, 0.4) is 0 Å². The highest BCUT2D eigenvalue weighted by Gasteiger charge is 2.35. The molecule has 140 valence electrons. The summed E-state index contributed by atoms with van der Waals surface area (Å²) in [6, 6.07) is 0. The molecule has 0 radical (unpaired) electrons. The first-order valence-electron chi connectivity index (χ1n) is 8.00. The van der Waals surface area contributed by atoms with Crippen molar-refractivity contribution in [2.24, 2.45) is 0 Å². The van der Waals surface area contributed by atoms with Gasteiger partial charge in [-0.05, 0) is 6.92 Å². The maximum atomic E-state index is 12.6. The van der Waals surface area contributed by atoms with Crippen LogP contribution in [-0.2, 0) is 14.3 Å². The molecule has 0 amide bonds. The minimum absolute atomic E-state index is 0.0262. The topological polar surface area (TPSA) is 155 Å². The van der Waals surface area contributed by atoms with Crippen LogP contribution in [0.1, 0.15) is 19.6 Å². The van der Waals surface area contributed by atoms with Gasteiger partial charge in [-0.25, -0.2) is 9.78 Å². The zero-order valence-electron chi connectivity index (χ0n) is 14.0. The van der Waals surface area contributed by atoms with Gasteiger partial charge in [0.15, 0.2) is 11.2 Å². The summed E-state index contributed by atoms with van der Waals surface area (Å²) in [7, 11) is 0. The molecule has 11 heteroatoms. The van der Waals surface area contributed by atoms with Crippen molar-refractivity contribution in [3.63, 3.8) is 0 Å². The lowest BCUT2D eigenvalue weighted by molar-refractivity contribution is -0.137. The summed E-state index contributed by atoms with van der Waals surface area (Å²) in [5.74, 6) is -0.769. The van der Waals surface area contributed by atoms with Crippen molar-refractivity contribution in [2.75, 3.05) is 18.9 Å². The molecule has 1 fully saturated rings. The Labute approximate surface area is 147 Å². The van der Waals surface area contributed by atoms with Gasteiger partial charge < -0.3 is 25.4 Å². The first-order chi connectivity index (χ1) is 12.5. The third kappa shape index (κ3) is 3.19. The Morgan fingerprint density at radius 1 is 1.58 bits per heavy atom. The Balaban J connectivity index is 1.97. The molecule has 3 rings (SSSR count). The van der Waals surface area contributed by atoms with Gasteiger partial charge >= 0.3 is 5.97 Å². The van der Waals surface area contributed by atoms with Crippen molar-refractivity contribution in [1.82, 2.24) is 19.1 Å². The minimum atomic E-state index is -0.840. The van der Waals surface area contributed by atoms with E-state index in [1.807, 2.05) is 0 Å². The summed E-state index contributed by atoms with van der Waals surface area (Å²) >= 11 is 0. The Morgan fingerprint density at radius 3 is 3.00 bits per heavy atom. The molecule has 2 aromatic heterocycles. The van der Waals surface area contributed by atoms with E-state index in [-0.39, 0.29) is 36.7 Å². The minimum Gasteiger partial charge on any atom is -0.463 e. The van der Waals surface area contributed by atoms with Crippen molar-refractivity contribution in [3.8, 4) is 0 Å². The molecule has 2 aromatic rings. The second kappa shape index (κ2) is 7.23. The number of hydrogen-bond donors (Lipinski definition) is 3. The predicted octanol–water partition coefficient (Wildman–Crippen LogP) is -1.15. The second-order valence-electron chi connectivity index (χ2n) is 5.65. The number of anilines is 1. The van der Waals surface area contributed by atoms with E-state index >= 15 is 0 Å². The first-order valence-corrected chi connectivity index (χ1v) is 8.00. The van der Waals surface area contributed by atoms with Crippen LogP contribution in [0.5, 0.6) is 0 Å². The molecule has 0 aliphatic carbocycles. The van der Waals surface area contributed by atoms with Crippen molar-refractivity contribution in [2.45, 2.75) is 31.8 Å². The Morgan fingerprint density at radius 2 is 2.35 bits per heavy atom. The van der Waals surface area contributed by atoms with Gasteiger partial charge in [0.25, 0.3) is 5.56 Å². The van der Waals surface area contributed by atoms with E-state index in [1.54, 1.807) is 6.92 Å². The fraction of sp³-hybridized carbons (Fsp3) is 0.467. The Kier molecular flexibility index (Phi) is 5.02. The van der Waals surface area contributed by atoms with Gasteiger partial charge in [-0.15, -0.1) is 0 Å². The van der Waals surface area contributed by atoms with Crippen LogP contribution >= 0.6 is 0 Å². The molecule has 4 N–H and O–H groups in total. The standard InChI is InChI=1S/C15H19N5O6/c1-2-25-11(23)3-4-19-14(24)12-13(18-15(19)16)20(7-17-12)10-5-8(22)9(6-21)26-10/h3-4,7-10,21-22H,2,5-6H2,1H3,(H2,16,18)/b4-3+/t8-,9+,10+/m0/s1. The van der Waals surface area contributed by atoms with E-state index in [9.17, 15) is 19.8 Å². The number of aliphatic hydroxyl groups is 2. The fourth-order valence-electron chi connectivity index (χ4n) is 2.73. The van der Waals surface area contributed by atoms with Gasteiger partial charge in [0.1, 0.15) is 12.3 Å². The van der Waals surface area contributed by atoms with Gasteiger partial charge in [0.2, 0.25) is 5.95 Å². The normalized spacial score (nSPS) is 23.1. The zero-order chi connectivity index (χ0) is 18.8. The van der Waals surface area contributed by atoms with Crippen molar-refractivity contribution < 1.29 is 24.5 Å². The number of aromatic nitrogens is 4.